The molecule has 0 fully saturated rings. The predicted molar refractivity (Wildman–Crippen MR) is 56.4 cm³/mol. The lowest BCUT2D eigenvalue weighted by atomic mass is 10.2. The SMILES string of the molecule is C=C(C)COOc1cccc(C(N)=O)c1. The molecule has 15 heavy (non-hydrogen) atoms. The van der Waals surface area contributed by atoms with Crippen LogP contribution in [-0.2, 0) is 4.89 Å². The molecule has 0 atom stereocenters. The van der Waals surface area contributed by atoms with Crippen molar-refractivity contribution >= 4 is 5.91 Å². The summed E-state index contributed by atoms with van der Waals surface area (Å²) >= 11 is 0. The molecule has 0 aliphatic carbocycles. The highest BCUT2D eigenvalue weighted by Crippen LogP contribution is 2.13. The van der Waals surface area contributed by atoms with E-state index in [1.165, 1.54) is 6.07 Å². The molecule has 1 aromatic rings. The highest BCUT2D eigenvalue weighted by atomic mass is 17.2. The highest BCUT2D eigenvalue weighted by molar-refractivity contribution is 5.93. The predicted octanol–water partition coefficient (Wildman–Crippen LogP) is 1.67. The molecule has 4 heteroatoms. The first-order valence-electron chi connectivity index (χ1n) is 4.43. The van der Waals surface area contributed by atoms with Crippen LogP contribution in [0.1, 0.15) is 17.3 Å². The van der Waals surface area contributed by atoms with Gasteiger partial charge in [0.15, 0.2) is 5.75 Å². The number of benzene rings is 1. The van der Waals surface area contributed by atoms with Gasteiger partial charge < -0.3 is 10.6 Å². The van der Waals surface area contributed by atoms with Crippen molar-refractivity contribution in [3.8, 4) is 5.75 Å². The number of amides is 1. The molecule has 4 nitrogen and oxygen atoms in total. The van der Waals surface area contributed by atoms with E-state index in [0.717, 1.165) is 5.57 Å². The molecule has 0 heterocycles. The summed E-state index contributed by atoms with van der Waals surface area (Å²) in [6.07, 6.45) is 0. The van der Waals surface area contributed by atoms with Gasteiger partial charge in [0, 0.05) is 5.56 Å². The summed E-state index contributed by atoms with van der Waals surface area (Å²) < 4.78 is 0. The van der Waals surface area contributed by atoms with Crippen LogP contribution in [0.15, 0.2) is 36.4 Å². The number of rotatable bonds is 5. The van der Waals surface area contributed by atoms with E-state index in [1.54, 1.807) is 18.2 Å². The molecule has 0 saturated carbocycles. The molecular weight excluding hydrogens is 194 g/mol. The minimum absolute atomic E-state index is 0.306. The zero-order valence-electron chi connectivity index (χ0n) is 8.53. The van der Waals surface area contributed by atoms with E-state index >= 15 is 0 Å². The fourth-order valence-corrected chi connectivity index (χ4v) is 0.899. The van der Waals surface area contributed by atoms with E-state index in [4.69, 9.17) is 15.5 Å². The Kier molecular flexibility index (Phi) is 3.88. The Morgan fingerprint density at radius 3 is 2.87 bits per heavy atom. The van der Waals surface area contributed by atoms with Crippen LogP contribution in [0.5, 0.6) is 5.75 Å². The molecule has 0 unspecified atom stereocenters. The van der Waals surface area contributed by atoms with Crippen molar-refractivity contribution in [3.63, 3.8) is 0 Å². The molecule has 1 amide bonds. The third-order valence-corrected chi connectivity index (χ3v) is 1.58. The Morgan fingerprint density at radius 1 is 1.53 bits per heavy atom. The van der Waals surface area contributed by atoms with Gasteiger partial charge >= 0.3 is 0 Å². The van der Waals surface area contributed by atoms with E-state index in [0.29, 0.717) is 17.9 Å². The maximum atomic E-state index is 10.8. The molecule has 80 valence electrons. The Bertz CT molecular complexity index is 374. The quantitative estimate of drug-likeness (QED) is 0.454. The first-order chi connectivity index (χ1) is 7.09. The smallest absolute Gasteiger partial charge is 0.248 e. The zero-order valence-corrected chi connectivity index (χ0v) is 8.53. The molecule has 0 spiro atoms. The van der Waals surface area contributed by atoms with E-state index in [2.05, 4.69) is 6.58 Å². The Balaban J connectivity index is 2.58. The Labute approximate surface area is 88.2 Å². The largest absolute Gasteiger partial charge is 0.366 e. The fourth-order valence-electron chi connectivity index (χ4n) is 0.899. The number of hydrogen-bond acceptors (Lipinski definition) is 3. The Morgan fingerprint density at radius 2 is 2.27 bits per heavy atom. The van der Waals surface area contributed by atoms with Gasteiger partial charge in [-0.3, -0.25) is 4.79 Å². The maximum absolute atomic E-state index is 10.8. The van der Waals surface area contributed by atoms with Gasteiger partial charge in [0.1, 0.15) is 6.61 Å². The van der Waals surface area contributed by atoms with Crippen molar-refractivity contribution < 1.29 is 14.6 Å². The van der Waals surface area contributed by atoms with Gasteiger partial charge in [0.05, 0.1) is 0 Å². The molecule has 0 aliphatic rings. The maximum Gasteiger partial charge on any atom is 0.248 e. The van der Waals surface area contributed by atoms with Crippen LogP contribution >= 0.6 is 0 Å². The lowest BCUT2D eigenvalue weighted by molar-refractivity contribution is -0.197. The van der Waals surface area contributed by atoms with Gasteiger partial charge in [0.25, 0.3) is 0 Å². The van der Waals surface area contributed by atoms with E-state index in [-0.39, 0.29) is 0 Å². The van der Waals surface area contributed by atoms with E-state index < -0.39 is 5.91 Å². The van der Waals surface area contributed by atoms with Gasteiger partial charge in [-0.15, -0.1) is 0 Å². The third kappa shape index (κ3) is 3.83. The molecule has 0 bridgehead atoms. The lowest BCUT2D eigenvalue weighted by Gasteiger charge is -2.05. The summed E-state index contributed by atoms with van der Waals surface area (Å²) in [5.41, 5.74) is 6.34. The molecule has 0 aliphatic heterocycles. The van der Waals surface area contributed by atoms with Gasteiger partial charge in [-0.2, -0.15) is 4.89 Å². The van der Waals surface area contributed by atoms with Crippen molar-refractivity contribution in [2.45, 2.75) is 6.92 Å². The van der Waals surface area contributed by atoms with Gasteiger partial charge in [-0.05, 0) is 25.1 Å². The van der Waals surface area contributed by atoms with Gasteiger partial charge in [-0.25, -0.2) is 0 Å². The van der Waals surface area contributed by atoms with Crippen molar-refractivity contribution in [1.29, 1.82) is 0 Å². The van der Waals surface area contributed by atoms with Gasteiger partial charge in [0.2, 0.25) is 5.91 Å². The molecule has 0 radical (unpaired) electrons. The molecule has 1 aromatic carbocycles. The standard InChI is InChI=1S/C11H13NO3/c1-8(2)7-14-15-10-5-3-4-9(6-10)11(12)13/h3-6H,1,7H2,2H3,(H2,12,13). The van der Waals surface area contributed by atoms with Crippen LogP contribution < -0.4 is 10.6 Å². The monoisotopic (exact) mass is 207 g/mol. The third-order valence-electron chi connectivity index (χ3n) is 1.58. The first kappa shape index (κ1) is 11.3. The normalized spacial score (nSPS) is 9.67. The van der Waals surface area contributed by atoms with Crippen molar-refractivity contribution in [1.82, 2.24) is 0 Å². The minimum Gasteiger partial charge on any atom is -0.366 e. The number of nitrogens with two attached hydrogens (primary N) is 1. The van der Waals surface area contributed by atoms with Crippen molar-refractivity contribution in [3.05, 3.63) is 42.0 Å². The molecule has 0 aromatic heterocycles. The molecule has 0 saturated heterocycles. The highest BCUT2D eigenvalue weighted by Gasteiger charge is 2.02. The van der Waals surface area contributed by atoms with Crippen molar-refractivity contribution in [2.75, 3.05) is 6.61 Å². The second-order valence-electron chi connectivity index (χ2n) is 3.19. The van der Waals surface area contributed by atoms with E-state index in [9.17, 15) is 4.79 Å². The molecular formula is C11H13NO3. The van der Waals surface area contributed by atoms with Crippen LogP contribution in [0.3, 0.4) is 0 Å². The summed E-state index contributed by atoms with van der Waals surface area (Å²) in [7, 11) is 0. The average molecular weight is 207 g/mol. The summed E-state index contributed by atoms with van der Waals surface area (Å²) in [6.45, 7) is 5.78. The second kappa shape index (κ2) is 5.17. The molecule has 2 N–H and O–H groups in total. The average Bonchev–Trinajstić information content (AvgIpc) is 2.17. The number of carbonyl (C=O) groups excluding carboxylic acids is 1. The number of carbonyl (C=O) groups is 1. The lowest BCUT2D eigenvalue weighted by Crippen LogP contribution is -2.11. The van der Waals surface area contributed by atoms with Crippen LogP contribution in [0.4, 0.5) is 0 Å². The zero-order chi connectivity index (χ0) is 11.3. The van der Waals surface area contributed by atoms with E-state index in [1.807, 2.05) is 6.92 Å². The van der Waals surface area contributed by atoms with Crippen LogP contribution in [0.25, 0.3) is 0 Å². The topological polar surface area (TPSA) is 61.6 Å². The van der Waals surface area contributed by atoms with Crippen LogP contribution in [0.2, 0.25) is 0 Å². The summed E-state index contributed by atoms with van der Waals surface area (Å²) in [5.74, 6) is -0.0621. The summed E-state index contributed by atoms with van der Waals surface area (Å²) in [6, 6.07) is 6.46. The van der Waals surface area contributed by atoms with Crippen LogP contribution in [-0.4, -0.2) is 12.5 Å². The minimum atomic E-state index is -0.500. The number of primary amides is 1. The first-order valence-corrected chi connectivity index (χ1v) is 4.43. The van der Waals surface area contributed by atoms with Crippen molar-refractivity contribution in [2.24, 2.45) is 5.73 Å². The molecule has 1 rings (SSSR count). The fraction of sp³-hybridized carbons (Fsp3) is 0.182. The number of hydrogen-bond donors (Lipinski definition) is 1. The van der Waals surface area contributed by atoms with Gasteiger partial charge in [-0.1, -0.05) is 18.2 Å². The van der Waals surface area contributed by atoms with Crippen LogP contribution in [0, 0.1) is 0 Å². The Hall–Kier alpha value is -1.81. The summed E-state index contributed by atoms with van der Waals surface area (Å²) in [5, 5.41) is 0. The summed E-state index contributed by atoms with van der Waals surface area (Å²) in [4.78, 5) is 20.7. The second-order valence-corrected chi connectivity index (χ2v) is 3.19.